The van der Waals surface area contributed by atoms with Gasteiger partial charge in [0.1, 0.15) is 5.75 Å². The van der Waals surface area contributed by atoms with Crippen LogP contribution < -0.4 is 10.1 Å². The molecule has 0 unspecified atom stereocenters. The molecule has 7 nitrogen and oxygen atoms in total. The monoisotopic (exact) mass is 491 g/mol. The van der Waals surface area contributed by atoms with Crippen LogP contribution in [0.25, 0.3) is 0 Å². The maximum absolute atomic E-state index is 13.8. The van der Waals surface area contributed by atoms with Crippen LogP contribution >= 0.6 is 11.6 Å². The SMILES string of the molecule is Cc1c(Cl)cccc1S(=O)(=O)N(C(=O)[C@H]1CCCNC1)[C@H]1CC[C@H](Oc2ccncc2)CC1. The zero-order chi connectivity index (χ0) is 23.4. The first-order valence-electron chi connectivity index (χ1n) is 11.5. The molecule has 4 rings (SSSR count). The van der Waals surface area contributed by atoms with Crippen molar-refractivity contribution in [3.63, 3.8) is 0 Å². The van der Waals surface area contributed by atoms with Crippen LogP contribution in [0.3, 0.4) is 0 Å². The Hall–Kier alpha value is -2.16. The summed E-state index contributed by atoms with van der Waals surface area (Å²) in [4.78, 5) is 17.7. The number of piperidine rings is 1. The van der Waals surface area contributed by atoms with Crippen molar-refractivity contribution in [3.8, 4) is 5.75 Å². The van der Waals surface area contributed by atoms with Gasteiger partial charge < -0.3 is 10.1 Å². The second-order valence-electron chi connectivity index (χ2n) is 8.78. The summed E-state index contributed by atoms with van der Waals surface area (Å²) < 4.78 is 34.9. The number of ether oxygens (including phenoxy) is 1. The molecular weight excluding hydrogens is 462 g/mol. The van der Waals surface area contributed by atoms with E-state index in [-0.39, 0.29) is 22.8 Å². The number of amides is 1. The van der Waals surface area contributed by atoms with Crippen molar-refractivity contribution in [2.75, 3.05) is 13.1 Å². The smallest absolute Gasteiger partial charge is 0.267 e. The maximum atomic E-state index is 13.8. The van der Waals surface area contributed by atoms with Crippen LogP contribution in [0.5, 0.6) is 5.75 Å². The highest BCUT2D eigenvalue weighted by Gasteiger charge is 2.41. The van der Waals surface area contributed by atoms with Crippen molar-refractivity contribution in [1.82, 2.24) is 14.6 Å². The van der Waals surface area contributed by atoms with Gasteiger partial charge in [0.2, 0.25) is 5.91 Å². The number of benzene rings is 1. The number of sulfonamides is 1. The van der Waals surface area contributed by atoms with Gasteiger partial charge in [0.25, 0.3) is 10.0 Å². The van der Waals surface area contributed by atoms with Crippen molar-refractivity contribution in [1.29, 1.82) is 0 Å². The minimum atomic E-state index is -4.06. The number of carbonyl (C=O) groups excluding carboxylic acids is 1. The van der Waals surface area contributed by atoms with Gasteiger partial charge in [-0.15, -0.1) is 0 Å². The number of rotatable bonds is 6. The molecule has 2 aromatic rings. The summed E-state index contributed by atoms with van der Waals surface area (Å²) >= 11 is 6.24. The fourth-order valence-corrected chi connectivity index (χ4v) is 6.90. The third-order valence-electron chi connectivity index (χ3n) is 6.55. The van der Waals surface area contributed by atoms with Crippen LogP contribution in [0.1, 0.15) is 44.1 Å². The van der Waals surface area contributed by atoms with E-state index in [4.69, 9.17) is 16.3 Å². The summed E-state index contributed by atoms with van der Waals surface area (Å²) in [5, 5.41) is 3.60. The molecule has 1 aliphatic carbocycles. The number of nitrogens with one attached hydrogen (secondary N) is 1. The summed E-state index contributed by atoms with van der Waals surface area (Å²) in [6.07, 6.45) is 7.33. The van der Waals surface area contributed by atoms with Crippen molar-refractivity contribution < 1.29 is 17.9 Å². The molecule has 9 heteroatoms. The molecule has 0 spiro atoms. The summed E-state index contributed by atoms with van der Waals surface area (Å²) in [5.74, 6) is 0.0794. The Morgan fingerprint density at radius 2 is 1.85 bits per heavy atom. The zero-order valence-electron chi connectivity index (χ0n) is 18.7. The molecule has 2 heterocycles. The van der Waals surface area contributed by atoms with Crippen LogP contribution in [0.4, 0.5) is 0 Å². The molecule has 33 heavy (non-hydrogen) atoms. The number of pyridine rings is 1. The number of carbonyl (C=O) groups is 1. The average Bonchev–Trinajstić information content (AvgIpc) is 2.83. The first kappa shape index (κ1) is 24.0. The summed E-state index contributed by atoms with van der Waals surface area (Å²) in [5.41, 5.74) is 0.466. The van der Waals surface area contributed by atoms with Crippen LogP contribution in [-0.2, 0) is 14.8 Å². The van der Waals surface area contributed by atoms with Crippen molar-refractivity contribution in [2.24, 2.45) is 5.92 Å². The molecule has 2 aliphatic rings. The van der Waals surface area contributed by atoms with Crippen molar-refractivity contribution >= 4 is 27.5 Å². The molecule has 1 aliphatic heterocycles. The largest absolute Gasteiger partial charge is 0.490 e. The van der Waals surface area contributed by atoms with Gasteiger partial charge in [0.15, 0.2) is 0 Å². The van der Waals surface area contributed by atoms with Gasteiger partial charge in [-0.05, 0) is 81.8 Å². The van der Waals surface area contributed by atoms with E-state index in [0.29, 0.717) is 49.2 Å². The predicted molar refractivity (Wildman–Crippen MR) is 127 cm³/mol. The molecule has 1 aromatic carbocycles. The Balaban J connectivity index is 1.58. The molecule has 1 saturated carbocycles. The van der Waals surface area contributed by atoms with Crippen LogP contribution in [-0.4, -0.2) is 48.8 Å². The van der Waals surface area contributed by atoms with E-state index in [1.54, 1.807) is 31.5 Å². The summed E-state index contributed by atoms with van der Waals surface area (Å²) in [7, 11) is -4.06. The predicted octanol–water partition coefficient (Wildman–Crippen LogP) is 3.95. The van der Waals surface area contributed by atoms with Crippen LogP contribution in [0, 0.1) is 12.8 Å². The van der Waals surface area contributed by atoms with Gasteiger partial charge in [0.05, 0.1) is 16.9 Å². The Kier molecular flexibility index (Phi) is 7.56. The second kappa shape index (κ2) is 10.4. The standard InChI is InChI=1S/C24H30ClN3O4S/c1-17-22(25)5-2-6-23(17)33(30,31)28(24(29)18-4-3-13-27-16-18)19-7-9-20(10-8-19)32-21-11-14-26-15-12-21/h2,5-6,11-12,14-15,18-20,27H,3-4,7-10,13,16H2,1H3/t18-,19-,20-/m0/s1. The highest BCUT2D eigenvalue weighted by Crippen LogP contribution is 2.34. The molecule has 1 N–H and O–H groups in total. The van der Waals surface area contributed by atoms with E-state index in [2.05, 4.69) is 10.3 Å². The van der Waals surface area contributed by atoms with E-state index in [0.717, 1.165) is 18.7 Å². The number of hydrogen-bond acceptors (Lipinski definition) is 6. The average molecular weight is 492 g/mol. The highest BCUT2D eigenvalue weighted by molar-refractivity contribution is 7.89. The van der Waals surface area contributed by atoms with E-state index >= 15 is 0 Å². The molecule has 1 aromatic heterocycles. The van der Waals surface area contributed by atoms with E-state index in [1.165, 1.54) is 10.4 Å². The molecule has 0 bridgehead atoms. The number of nitrogens with zero attached hydrogens (tertiary/aromatic N) is 2. The quantitative estimate of drug-likeness (QED) is 0.658. The van der Waals surface area contributed by atoms with Gasteiger partial charge in [-0.25, -0.2) is 12.7 Å². The fraction of sp³-hybridized carbons (Fsp3) is 0.500. The fourth-order valence-electron chi connectivity index (χ4n) is 4.72. The molecule has 1 atom stereocenters. The molecule has 1 amide bonds. The van der Waals surface area contributed by atoms with Gasteiger partial charge in [-0.3, -0.25) is 9.78 Å². The lowest BCUT2D eigenvalue weighted by atomic mass is 9.91. The van der Waals surface area contributed by atoms with Gasteiger partial charge >= 0.3 is 0 Å². The normalized spacial score (nSPS) is 23.6. The molecular formula is C24H30ClN3O4S. The lowest BCUT2D eigenvalue weighted by Gasteiger charge is -2.38. The second-order valence-corrected chi connectivity index (χ2v) is 11.0. The highest BCUT2D eigenvalue weighted by atomic mass is 35.5. The van der Waals surface area contributed by atoms with E-state index in [1.807, 2.05) is 12.1 Å². The summed E-state index contributed by atoms with van der Waals surface area (Å²) in [6.45, 7) is 3.03. The maximum Gasteiger partial charge on any atom is 0.267 e. The van der Waals surface area contributed by atoms with Crippen LogP contribution in [0.15, 0.2) is 47.6 Å². The Bertz CT molecular complexity index is 1070. The topological polar surface area (TPSA) is 88.6 Å². The molecule has 2 fully saturated rings. The lowest BCUT2D eigenvalue weighted by molar-refractivity contribution is -0.133. The Morgan fingerprint density at radius 3 is 2.52 bits per heavy atom. The van der Waals surface area contributed by atoms with Crippen LogP contribution in [0.2, 0.25) is 5.02 Å². The van der Waals surface area contributed by atoms with E-state index < -0.39 is 16.1 Å². The zero-order valence-corrected chi connectivity index (χ0v) is 20.3. The molecule has 0 radical (unpaired) electrons. The van der Waals surface area contributed by atoms with Gasteiger partial charge in [0, 0.05) is 30.0 Å². The van der Waals surface area contributed by atoms with Gasteiger partial charge in [-0.2, -0.15) is 0 Å². The lowest BCUT2D eigenvalue weighted by Crippen LogP contribution is -2.51. The third kappa shape index (κ3) is 5.34. The van der Waals surface area contributed by atoms with Crippen molar-refractivity contribution in [2.45, 2.75) is 62.5 Å². The first-order valence-corrected chi connectivity index (χ1v) is 13.3. The van der Waals surface area contributed by atoms with E-state index in [9.17, 15) is 13.2 Å². The van der Waals surface area contributed by atoms with Gasteiger partial charge in [-0.1, -0.05) is 17.7 Å². The first-order chi connectivity index (χ1) is 15.9. The Morgan fingerprint density at radius 1 is 1.12 bits per heavy atom. The van der Waals surface area contributed by atoms with Crippen molar-refractivity contribution in [3.05, 3.63) is 53.3 Å². The minimum absolute atomic E-state index is 0.0208. The molecule has 178 valence electrons. The number of hydrogen-bond donors (Lipinski definition) is 1. The summed E-state index contributed by atoms with van der Waals surface area (Å²) in [6, 6.07) is 8.03. The third-order valence-corrected chi connectivity index (χ3v) is 8.95. The number of aromatic nitrogens is 1. The molecule has 1 saturated heterocycles. The minimum Gasteiger partial charge on any atom is -0.490 e. The Labute approximate surface area is 200 Å². The number of halogens is 1.